The molecule has 2 fully saturated rings. The van der Waals surface area contributed by atoms with E-state index in [1.165, 1.54) is 32.5 Å². The van der Waals surface area contributed by atoms with Crippen LogP contribution >= 0.6 is 24.0 Å². The lowest BCUT2D eigenvalue weighted by Gasteiger charge is -2.26. The maximum absolute atomic E-state index is 5.96. The van der Waals surface area contributed by atoms with E-state index in [4.69, 9.17) is 10.5 Å². The van der Waals surface area contributed by atoms with Crippen LogP contribution in [0.25, 0.3) is 0 Å². The maximum atomic E-state index is 5.96. The molecule has 2 rings (SSSR count). The zero-order valence-electron chi connectivity index (χ0n) is 14.5. The number of ether oxygens (including phenoxy) is 1. The highest BCUT2D eigenvalue weighted by Gasteiger charge is 2.21. The third-order valence-corrected chi connectivity index (χ3v) is 4.49. The standard InChI is InChI=1S/C16H33N5O.HI/c1-2-6-21-8-4-15(14-21)13-19-16(17)18-5-3-7-20-9-11-22-12-10-20;/h15H,2-14H2,1H3,(H3,17,18,19);1H. The van der Waals surface area contributed by atoms with Crippen LogP contribution in [0.1, 0.15) is 26.2 Å². The molecule has 0 aliphatic carbocycles. The fraction of sp³-hybridized carbons (Fsp3) is 0.938. The van der Waals surface area contributed by atoms with E-state index in [-0.39, 0.29) is 24.0 Å². The summed E-state index contributed by atoms with van der Waals surface area (Å²) in [5.74, 6) is 1.29. The van der Waals surface area contributed by atoms with Gasteiger partial charge < -0.3 is 20.7 Å². The van der Waals surface area contributed by atoms with Crippen LogP contribution in [-0.4, -0.2) is 81.3 Å². The zero-order valence-corrected chi connectivity index (χ0v) is 16.8. The van der Waals surface area contributed by atoms with Crippen molar-refractivity contribution in [3.63, 3.8) is 0 Å². The molecule has 0 amide bonds. The Bertz CT molecular complexity index is 336. The van der Waals surface area contributed by atoms with Gasteiger partial charge in [0, 0.05) is 32.7 Å². The molecule has 0 bridgehead atoms. The van der Waals surface area contributed by atoms with Crippen molar-refractivity contribution in [2.45, 2.75) is 26.2 Å². The molecule has 0 aromatic carbocycles. The third-order valence-electron chi connectivity index (χ3n) is 4.49. The summed E-state index contributed by atoms with van der Waals surface area (Å²) in [6.07, 6.45) is 3.60. The Labute approximate surface area is 158 Å². The van der Waals surface area contributed by atoms with Crippen LogP contribution in [0.5, 0.6) is 0 Å². The summed E-state index contributed by atoms with van der Waals surface area (Å²) in [6, 6.07) is 0. The first-order valence-electron chi connectivity index (χ1n) is 8.84. The lowest BCUT2D eigenvalue weighted by Crippen LogP contribution is -2.39. The minimum absolute atomic E-state index is 0. The van der Waals surface area contributed by atoms with Gasteiger partial charge in [0.1, 0.15) is 0 Å². The summed E-state index contributed by atoms with van der Waals surface area (Å²) in [5, 5.41) is 3.24. The third kappa shape index (κ3) is 8.51. The monoisotopic (exact) mass is 439 g/mol. The molecule has 6 nitrogen and oxygen atoms in total. The van der Waals surface area contributed by atoms with Gasteiger partial charge in [-0.3, -0.25) is 9.89 Å². The Morgan fingerprint density at radius 2 is 2.00 bits per heavy atom. The largest absolute Gasteiger partial charge is 0.379 e. The van der Waals surface area contributed by atoms with Crippen molar-refractivity contribution < 1.29 is 4.74 Å². The number of halogens is 1. The predicted molar refractivity (Wildman–Crippen MR) is 107 cm³/mol. The van der Waals surface area contributed by atoms with Crippen molar-refractivity contribution in [3.05, 3.63) is 0 Å². The maximum Gasteiger partial charge on any atom is 0.188 e. The van der Waals surface area contributed by atoms with Gasteiger partial charge in [-0.1, -0.05) is 6.92 Å². The van der Waals surface area contributed by atoms with E-state index >= 15 is 0 Å². The molecule has 0 saturated carbocycles. The number of nitrogens with one attached hydrogen (secondary N) is 1. The Kier molecular flexibility index (Phi) is 11.2. The van der Waals surface area contributed by atoms with Gasteiger partial charge in [-0.15, -0.1) is 24.0 Å². The number of hydrogen-bond acceptors (Lipinski definition) is 4. The molecule has 0 radical (unpaired) electrons. The number of morpholine rings is 1. The number of guanidine groups is 1. The predicted octanol–water partition coefficient (Wildman–Crippen LogP) is 0.963. The van der Waals surface area contributed by atoms with E-state index in [0.717, 1.165) is 52.4 Å². The van der Waals surface area contributed by atoms with Gasteiger partial charge in [-0.05, 0) is 44.8 Å². The number of likely N-dealkylation sites (tertiary alicyclic amines) is 1. The van der Waals surface area contributed by atoms with E-state index in [0.29, 0.717) is 11.9 Å². The highest BCUT2D eigenvalue weighted by Crippen LogP contribution is 2.16. The Balaban J connectivity index is 0.00000264. The number of rotatable bonds is 8. The molecule has 1 unspecified atom stereocenters. The second-order valence-electron chi connectivity index (χ2n) is 6.42. The highest BCUT2D eigenvalue weighted by atomic mass is 127. The van der Waals surface area contributed by atoms with Crippen LogP contribution in [0, 0.1) is 5.92 Å². The molecule has 23 heavy (non-hydrogen) atoms. The molecule has 2 saturated heterocycles. The molecule has 2 heterocycles. The van der Waals surface area contributed by atoms with Crippen LogP contribution in [0.3, 0.4) is 0 Å². The Hall–Kier alpha value is -0.120. The summed E-state index contributed by atoms with van der Waals surface area (Å²) in [4.78, 5) is 9.49. The smallest absolute Gasteiger partial charge is 0.188 e. The topological polar surface area (TPSA) is 66.1 Å². The second-order valence-corrected chi connectivity index (χ2v) is 6.42. The SMILES string of the molecule is CCCN1CCC(CN=C(N)NCCCN2CCOCC2)C1.I. The summed E-state index contributed by atoms with van der Waals surface area (Å²) in [7, 11) is 0. The summed E-state index contributed by atoms with van der Waals surface area (Å²) in [6.45, 7) is 12.6. The van der Waals surface area contributed by atoms with E-state index in [1.807, 2.05) is 0 Å². The zero-order chi connectivity index (χ0) is 15.6. The fourth-order valence-corrected chi connectivity index (χ4v) is 3.21. The van der Waals surface area contributed by atoms with Crippen LogP contribution in [0.15, 0.2) is 4.99 Å². The lowest BCUT2D eigenvalue weighted by atomic mass is 10.1. The summed E-state index contributed by atoms with van der Waals surface area (Å²) in [5.41, 5.74) is 5.96. The van der Waals surface area contributed by atoms with Gasteiger partial charge in [0.15, 0.2) is 5.96 Å². The Morgan fingerprint density at radius 3 is 2.74 bits per heavy atom. The molecular formula is C16H34IN5O. The first-order chi connectivity index (χ1) is 10.8. The molecule has 3 N–H and O–H groups in total. The highest BCUT2D eigenvalue weighted by molar-refractivity contribution is 14.0. The first-order valence-corrected chi connectivity index (χ1v) is 8.84. The van der Waals surface area contributed by atoms with Gasteiger partial charge in [0.05, 0.1) is 13.2 Å². The lowest BCUT2D eigenvalue weighted by molar-refractivity contribution is 0.0376. The van der Waals surface area contributed by atoms with Crippen molar-refractivity contribution >= 4 is 29.9 Å². The molecule has 0 aromatic rings. The minimum Gasteiger partial charge on any atom is -0.379 e. The Morgan fingerprint density at radius 1 is 1.22 bits per heavy atom. The van der Waals surface area contributed by atoms with Crippen LogP contribution in [0.2, 0.25) is 0 Å². The van der Waals surface area contributed by atoms with Crippen molar-refractivity contribution in [1.82, 2.24) is 15.1 Å². The molecular weight excluding hydrogens is 405 g/mol. The first kappa shape index (κ1) is 20.9. The fourth-order valence-electron chi connectivity index (χ4n) is 3.21. The summed E-state index contributed by atoms with van der Waals surface area (Å²) >= 11 is 0. The number of hydrogen-bond donors (Lipinski definition) is 2. The second kappa shape index (κ2) is 12.3. The van der Waals surface area contributed by atoms with Crippen LogP contribution in [0.4, 0.5) is 0 Å². The molecule has 7 heteroatoms. The molecule has 0 spiro atoms. The summed E-state index contributed by atoms with van der Waals surface area (Å²) < 4.78 is 5.35. The van der Waals surface area contributed by atoms with E-state index in [2.05, 4.69) is 27.0 Å². The molecule has 1 atom stereocenters. The van der Waals surface area contributed by atoms with Crippen molar-refractivity contribution in [2.75, 3.05) is 65.6 Å². The minimum atomic E-state index is 0. The van der Waals surface area contributed by atoms with E-state index in [1.54, 1.807) is 0 Å². The van der Waals surface area contributed by atoms with Gasteiger partial charge in [-0.2, -0.15) is 0 Å². The van der Waals surface area contributed by atoms with Gasteiger partial charge in [0.25, 0.3) is 0 Å². The molecule has 136 valence electrons. The van der Waals surface area contributed by atoms with Gasteiger partial charge in [0.2, 0.25) is 0 Å². The van der Waals surface area contributed by atoms with Crippen LogP contribution in [-0.2, 0) is 4.74 Å². The number of nitrogens with zero attached hydrogens (tertiary/aromatic N) is 3. The number of nitrogens with two attached hydrogens (primary N) is 1. The average Bonchev–Trinajstić information content (AvgIpc) is 2.99. The van der Waals surface area contributed by atoms with Crippen molar-refractivity contribution in [1.29, 1.82) is 0 Å². The van der Waals surface area contributed by atoms with E-state index in [9.17, 15) is 0 Å². The van der Waals surface area contributed by atoms with Gasteiger partial charge in [-0.25, -0.2) is 0 Å². The molecule has 2 aliphatic heterocycles. The molecule has 0 aromatic heterocycles. The van der Waals surface area contributed by atoms with E-state index < -0.39 is 0 Å². The van der Waals surface area contributed by atoms with Crippen molar-refractivity contribution in [2.24, 2.45) is 16.6 Å². The van der Waals surface area contributed by atoms with Crippen LogP contribution < -0.4 is 11.1 Å². The quantitative estimate of drug-likeness (QED) is 0.255. The van der Waals surface area contributed by atoms with Gasteiger partial charge >= 0.3 is 0 Å². The van der Waals surface area contributed by atoms with Crippen molar-refractivity contribution in [3.8, 4) is 0 Å². The molecule has 2 aliphatic rings. The average molecular weight is 439 g/mol. The normalized spacial score (nSPS) is 23.7. The number of aliphatic imine (C=N–C) groups is 1.